The molecule has 0 spiro atoms. The van der Waals surface area contributed by atoms with Gasteiger partial charge in [0.25, 0.3) is 5.91 Å². The van der Waals surface area contributed by atoms with Gasteiger partial charge in [-0.25, -0.2) is 4.98 Å². The molecule has 15 heavy (non-hydrogen) atoms. The van der Waals surface area contributed by atoms with Gasteiger partial charge < -0.3 is 10.4 Å². The van der Waals surface area contributed by atoms with Crippen LogP contribution in [0.25, 0.3) is 0 Å². The summed E-state index contributed by atoms with van der Waals surface area (Å²) < 4.78 is 0. The predicted molar refractivity (Wildman–Crippen MR) is 60.1 cm³/mol. The molecule has 5 heteroatoms. The molecular weight excluding hydrogens is 212 g/mol. The van der Waals surface area contributed by atoms with Crippen molar-refractivity contribution < 1.29 is 9.90 Å². The Kier molecular flexibility index (Phi) is 3.82. The van der Waals surface area contributed by atoms with Crippen molar-refractivity contribution in [3.05, 3.63) is 16.1 Å². The zero-order valence-electron chi connectivity index (χ0n) is 9.20. The minimum Gasteiger partial charge on any atom is -0.388 e. The lowest BCUT2D eigenvalue weighted by molar-refractivity contribution is 0.0519. The van der Waals surface area contributed by atoms with Crippen LogP contribution in [0.1, 0.15) is 35.6 Å². The van der Waals surface area contributed by atoms with Crippen molar-refractivity contribution in [1.82, 2.24) is 10.3 Å². The van der Waals surface area contributed by atoms with Gasteiger partial charge in [-0.3, -0.25) is 4.79 Å². The lowest BCUT2D eigenvalue weighted by Crippen LogP contribution is -2.40. The maximum atomic E-state index is 11.6. The number of aliphatic hydroxyl groups is 1. The van der Waals surface area contributed by atoms with Gasteiger partial charge in [0.2, 0.25) is 0 Å². The molecule has 2 N–H and O–H groups in total. The summed E-state index contributed by atoms with van der Waals surface area (Å²) in [4.78, 5) is 16.2. The summed E-state index contributed by atoms with van der Waals surface area (Å²) in [5.74, 6) is -0.163. The molecule has 84 valence electrons. The maximum absolute atomic E-state index is 11.6. The standard InChI is InChI=1S/C10H16N2O2S/c1-4-10(3,14)5-11-9(13)8-7(2)12-6-15-8/h6,14H,4-5H2,1-3H3,(H,11,13). The Morgan fingerprint density at radius 3 is 2.87 bits per heavy atom. The maximum Gasteiger partial charge on any atom is 0.263 e. The summed E-state index contributed by atoms with van der Waals surface area (Å²) in [5, 5.41) is 12.4. The molecule has 0 aliphatic carbocycles. The molecule has 0 radical (unpaired) electrons. The molecule has 1 aromatic heterocycles. The molecule has 1 atom stereocenters. The van der Waals surface area contributed by atoms with E-state index in [1.807, 2.05) is 6.92 Å². The fraction of sp³-hybridized carbons (Fsp3) is 0.600. The van der Waals surface area contributed by atoms with E-state index in [4.69, 9.17) is 0 Å². The minimum atomic E-state index is -0.839. The lowest BCUT2D eigenvalue weighted by atomic mass is 10.0. The van der Waals surface area contributed by atoms with Crippen LogP contribution in [-0.2, 0) is 0 Å². The largest absolute Gasteiger partial charge is 0.388 e. The van der Waals surface area contributed by atoms with Gasteiger partial charge in [0.05, 0.1) is 16.8 Å². The van der Waals surface area contributed by atoms with Crippen molar-refractivity contribution in [2.24, 2.45) is 0 Å². The average molecular weight is 228 g/mol. The van der Waals surface area contributed by atoms with Gasteiger partial charge in [-0.1, -0.05) is 6.92 Å². The minimum absolute atomic E-state index is 0.163. The van der Waals surface area contributed by atoms with Gasteiger partial charge in [-0.15, -0.1) is 11.3 Å². The summed E-state index contributed by atoms with van der Waals surface area (Å²) in [6, 6.07) is 0. The number of carbonyl (C=O) groups excluding carboxylic acids is 1. The topological polar surface area (TPSA) is 62.2 Å². The molecule has 1 unspecified atom stereocenters. The Hall–Kier alpha value is -0.940. The van der Waals surface area contributed by atoms with Gasteiger partial charge in [-0.2, -0.15) is 0 Å². The number of hydrogen-bond donors (Lipinski definition) is 2. The predicted octanol–water partition coefficient (Wildman–Crippen LogP) is 1.34. The van der Waals surface area contributed by atoms with E-state index in [1.54, 1.807) is 19.4 Å². The number of rotatable bonds is 4. The number of thiazole rings is 1. The van der Waals surface area contributed by atoms with E-state index < -0.39 is 5.60 Å². The monoisotopic (exact) mass is 228 g/mol. The van der Waals surface area contributed by atoms with Crippen molar-refractivity contribution >= 4 is 17.2 Å². The van der Waals surface area contributed by atoms with E-state index in [0.717, 1.165) is 5.69 Å². The molecule has 0 saturated heterocycles. The van der Waals surface area contributed by atoms with E-state index in [1.165, 1.54) is 11.3 Å². The molecular formula is C10H16N2O2S. The summed E-state index contributed by atoms with van der Waals surface area (Å²) >= 11 is 1.31. The van der Waals surface area contributed by atoms with Gasteiger partial charge >= 0.3 is 0 Å². The highest BCUT2D eigenvalue weighted by atomic mass is 32.1. The summed E-state index contributed by atoms with van der Waals surface area (Å²) in [5.41, 5.74) is 1.53. The number of amides is 1. The van der Waals surface area contributed by atoms with Crippen LogP contribution in [0.3, 0.4) is 0 Å². The molecule has 0 aliphatic rings. The molecule has 1 heterocycles. The molecule has 1 aromatic rings. The van der Waals surface area contributed by atoms with Crippen LogP contribution in [-0.4, -0.2) is 28.1 Å². The van der Waals surface area contributed by atoms with Crippen LogP contribution < -0.4 is 5.32 Å². The van der Waals surface area contributed by atoms with Gasteiger partial charge in [-0.05, 0) is 20.3 Å². The van der Waals surface area contributed by atoms with Crippen molar-refractivity contribution in [2.45, 2.75) is 32.8 Å². The first-order valence-corrected chi connectivity index (χ1v) is 5.75. The van der Waals surface area contributed by atoms with Crippen LogP contribution in [0, 0.1) is 6.92 Å². The zero-order valence-corrected chi connectivity index (χ0v) is 10.0. The Morgan fingerprint density at radius 1 is 1.73 bits per heavy atom. The van der Waals surface area contributed by atoms with Gasteiger partial charge in [0, 0.05) is 6.54 Å². The Labute approximate surface area is 93.4 Å². The third kappa shape index (κ3) is 3.28. The highest BCUT2D eigenvalue weighted by molar-refractivity contribution is 7.11. The summed E-state index contributed by atoms with van der Waals surface area (Å²) in [6.45, 7) is 5.64. The quantitative estimate of drug-likeness (QED) is 0.817. The molecule has 0 aromatic carbocycles. The third-order valence-electron chi connectivity index (χ3n) is 2.34. The number of nitrogens with one attached hydrogen (secondary N) is 1. The van der Waals surface area contributed by atoms with E-state index in [0.29, 0.717) is 11.3 Å². The highest BCUT2D eigenvalue weighted by Gasteiger charge is 2.20. The van der Waals surface area contributed by atoms with E-state index in [-0.39, 0.29) is 12.5 Å². The van der Waals surface area contributed by atoms with Crippen LogP contribution in [0.15, 0.2) is 5.51 Å². The smallest absolute Gasteiger partial charge is 0.263 e. The Balaban J connectivity index is 2.55. The molecule has 1 amide bonds. The normalized spacial score (nSPS) is 14.7. The van der Waals surface area contributed by atoms with Crippen molar-refractivity contribution in [2.75, 3.05) is 6.54 Å². The van der Waals surface area contributed by atoms with Crippen LogP contribution >= 0.6 is 11.3 Å². The summed E-state index contributed by atoms with van der Waals surface area (Å²) in [6.07, 6.45) is 0.606. The lowest BCUT2D eigenvalue weighted by Gasteiger charge is -2.21. The first kappa shape index (κ1) is 12.1. The van der Waals surface area contributed by atoms with E-state index in [2.05, 4.69) is 10.3 Å². The van der Waals surface area contributed by atoms with Crippen LogP contribution in [0.5, 0.6) is 0 Å². The number of aromatic nitrogens is 1. The van der Waals surface area contributed by atoms with Gasteiger partial charge in [0.15, 0.2) is 0 Å². The van der Waals surface area contributed by atoms with E-state index >= 15 is 0 Å². The zero-order chi connectivity index (χ0) is 11.5. The number of nitrogens with zero attached hydrogens (tertiary/aromatic N) is 1. The molecule has 0 fully saturated rings. The van der Waals surface area contributed by atoms with Crippen molar-refractivity contribution in [3.63, 3.8) is 0 Å². The molecule has 0 saturated carbocycles. The third-order valence-corrected chi connectivity index (χ3v) is 3.27. The fourth-order valence-electron chi connectivity index (χ4n) is 0.996. The molecule has 1 rings (SSSR count). The second-order valence-electron chi connectivity index (χ2n) is 3.80. The van der Waals surface area contributed by atoms with Crippen LogP contribution in [0.2, 0.25) is 0 Å². The molecule has 4 nitrogen and oxygen atoms in total. The van der Waals surface area contributed by atoms with Crippen molar-refractivity contribution in [1.29, 1.82) is 0 Å². The highest BCUT2D eigenvalue weighted by Crippen LogP contribution is 2.12. The number of hydrogen-bond acceptors (Lipinski definition) is 4. The molecule has 0 bridgehead atoms. The fourth-order valence-corrected chi connectivity index (χ4v) is 1.71. The van der Waals surface area contributed by atoms with Gasteiger partial charge in [0.1, 0.15) is 4.88 Å². The Bertz CT molecular complexity index is 347. The van der Waals surface area contributed by atoms with Crippen molar-refractivity contribution in [3.8, 4) is 0 Å². The summed E-state index contributed by atoms with van der Waals surface area (Å²) in [7, 11) is 0. The number of carbonyl (C=O) groups is 1. The van der Waals surface area contributed by atoms with E-state index in [9.17, 15) is 9.90 Å². The first-order chi connectivity index (χ1) is 6.96. The molecule has 0 aliphatic heterocycles. The first-order valence-electron chi connectivity index (χ1n) is 4.87. The SMILES string of the molecule is CCC(C)(O)CNC(=O)c1scnc1C. The Morgan fingerprint density at radius 2 is 2.40 bits per heavy atom. The second kappa shape index (κ2) is 4.72. The number of aryl methyl sites for hydroxylation is 1. The van der Waals surface area contributed by atoms with Crippen LogP contribution in [0.4, 0.5) is 0 Å². The second-order valence-corrected chi connectivity index (χ2v) is 4.65. The average Bonchev–Trinajstić information content (AvgIpc) is 2.61.